The van der Waals surface area contributed by atoms with Crippen LogP contribution in [0.1, 0.15) is 49.7 Å². The van der Waals surface area contributed by atoms with E-state index >= 15 is 0 Å². The average molecular weight is 396 g/mol. The van der Waals surface area contributed by atoms with E-state index in [1.165, 1.54) is 31.2 Å². The van der Waals surface area contributed by atoms with Crippen LogP contribution in [0.5, 0.6) is 0 Å². The van der Waals surface area contributed by atoms with Crippen molar-refractivity contribution in [1.29, 1.82) is 5.26 Å². The number of piperidine rings is 1. The molecule has 1 unspecified atom stereocenters. The lowest BCUT2D eigenvalue weighted by molar-refractivity contribution is -0.218. The van der Waals surface area contributed by atoms with Gasteiger partial charge in [0.1, 0.15) is 0 Å². The molecule has 3 saturated heterocycles. The van der Waals surface area contributed by atoms with Crippen LogP contribution in [0.15, 0.2) is 24.3 Å². The molecule has 0 aromatic heterocycles. The minimum Gasteiger partial charge on any atom is -0.381 e. The fourth-order valence-electron chi connectivity index (χ4n) is 5.53. The number of benzene rings is 1. The molecule has 1 atom stereocenters. The molecule has 0 radical (unpaired) electrons. The predicted octanol–water partition coefficient (Wildman–Crippen LogP) is 3.18. The van der Waals surface area contributed by atoms with E-state index in [0.717, 1.165) is 70.3 Å². The minimum atomic E-state index is 0.243. The molecular weight excluding hydrogens is 362 g/mol. The first-order valence-electron chi connectivity index (χ1n) is 11.4. The van der Waals surface area contributed by atoms with Gasteiger partial charge in [0.15, 0.2) is 0 Å². The molecular formula is C24H33N3O2. The number of hydrogen-bond acceptors (Lipinski definition) is 5. The maximum atomic E-state index is 8.97. The molecule has 5 heteroatoms. The summed E-state index contributed by atoms with van der Waals surface area (Å²) in [5, 5.41) is 8.97. The van der Waals surface area contributed by atoms with Crippen molar-refractivity contribution in [2.24, 2.45) is 5.92 Å². The Hall–Kier alpha value is -1.45. The standard InChI is InChI=1S/C24H33N3O2/c25-15-19-1-3-20(4-2-19)16-26-11-7-22(8-12-26)27-17-23(29-18-21-5-6-21)24(27)9-13-28-14-10-24/h1-4,21-23H,5-14,16-18H2. The monoisotopic (exact) mass is 395 g/mol. The summed E-state index contributed by atoms with van der Waals surface area (Å²) in [6.45, 7) is 7.17. The highest BCUT2D eigenvalue weighted by molar-refractivity contribution is 5.31. The number of ether oxygens (including phenoxy) is 2. The van der Waals surface area contributed by atoms with E-state index in [0.29, 0.717) is 12.1 Å². The van der Waals surface area contributed by atoms with E-state index in [1.807, 2.05) is 12.1 Å². The summed E-state index contributed by atoms with van der Waals surface area (Å²) in [6, 6.07) is 10.9. The summed E-state index contributed by atoms with van der Waals surface area (Å²) < 4.78 is 12.1. The molecule has 0 N–H and O–H groups in total. The van der Waals surface area contributed by atoms with Crippen LogP contribution in [0, 0.1) is 17.2 Å². The van der Waals surface area contributed by atoms with Crippen molar-refractivity contribution in [1.82, 2.24) is 9.80 Å². The quantitative estimate of drug-likeness (QED) is 0.740. The van der Waals surface area contributed by atoms with Crippen molar-refractivity contribution < 1.29 is 9.47 Å². The Bertz CT molecular complexity index is 725. The third-order valence-corrected chi connectivity index (χ3v) is 7.61. The van der Waals surface area contributed by atoms with Crippen LogP contribution in [-0.2, 0) is 16.0 Å². The van der Waals surface area contributed by atoms with Crippen LogP contribution in [-0.4, -0.2) is 66.9 Å². The highest BCUT2D eigenvalue weighted by Gasteiger charge is 2.57. The van der Waals surface area contributed by atoms with Crippen molar-refractivity contribution in [3.63, 3.8) is 0 Å². The molecule has 156 valence electrons. The maximum absolute atomic E-state index is 8.97. The maximum Gasteiger partial charge on any atom is 0.0991 e. The van der Waals surface area contributed by atoms with Gasteiger partial charge in [-0.3, -0.25) is 9.80 Å². The van der Waals surface area contributed by atoms with Gasteiger partial charge in [0.25, 0.3) is 0 Å². The molecule has 5 nitrogen and oxygen atoms in total. The lowest BCUT2D eigenvalue weighted by Gasteiger charge is -2.63. The second-order valence-corrected chi connectivity index (χ2v) is 9.45. The van der Waals surface area contributed by atoms with Crippen LogP contribution in [0.3, 0.4) is 0 Å². The molecule has 0 amide bonds. The third kappa shape index (κ3) is 4.09. The summed E-state index contributed by atoms with van der Waals surface area (Å²) in [7, 11) is 0. The Morgan fingerprint density at radius 2 is 1.79 bits per heavy atom. The van der Waals surface area contributed by atoms with E-state index in [4.69, 9.17) is 14.7 Å². The number of nitrogens with zero attached hydrogens (tertiary/aromatic N) is 3. The van der Waals surface area contributed by atoms with Gasteiger partial charge in [0.2, 0.25) is 0 Å². The Kier molecular flexibility index (Phi) is 5.62. The van der Waals surface area contributed by atoms with Crippen molar-refractivity contribution in [2.75, 3.05) is 39.5 Å². The van der Waals surface area contributed by atoms with Gasteiger partial charge >= 0.3 is 0 Å². The topological polar surface area (TPSA) is 48.7 Å². The SMILES string of the molecule is N#Cc1ccc(CN2CCC(N3CC(OCC4CC4)C34CCOCC4)CC2)cc1. The molecule has 3 heterocycles. The second-order valence-electron chi connectivity index (χ2n) is 9.45. The Labute approximate surface area is 174 Å². The molecule has 4 fully saturated rings. The molecule has 1 aromatic carbocycles. The Balaban J connectivity index is 1.16. The van der Waals surface area contributed by atoms with Crippen LogP contribution < -0.4 is 0 Å². The Morgan fingerprint density at radius 3 is 2.45 bits per heavy atom. The van der Waals surface area contributed by atoms with E-state index < -0.39 is 0 Å². The predicted molar refractivity (Wildman–Crippen MR) is 111 cm³/mol. The molecule has 1 aromatic rings. The smallest absolute Gasteiger partial charge is 0.0991 e. The number of likely N-dealkylation sites (tertiary alicyclic amines) is 2. The summed E-state index contributed by atoms with van der Waals surface area (Å²) in [4.78, 5) is 5.36. The molecule has 1 spiro atoms. The zero-order valence-electron chi connectivity index (χ0n) is 17.4. The second kappa shape index (κ2) is 8.35. The molecule has 5 rings (SSSR count). The third-order valence-electron chi connectivity index (χ3n) is 7.61. The summed E-state index contributed by atoms with van der Waals surface area (Å²) in [6.07, 6.45) is 7.90. The molecule has 3 aliphatic heterocycles. The van der Waals surface area contributed by atoms with Gasteiger partial charge in [0, 0.05) is 39.0 Å². The zero-order chi connectivity index (χ0) is 19.7. The molecule has 29 heavy (non-hydrogen) atoms. The van der Waals surface area contributed by atoms with Crippen LogP contribution in [0.4, 0.5) is 0 Å². The largest absolute Gasteiger partial charge is 0.381 e. The van der Waals surface area contributed by atoms with E-state index in [2.05, 4.69) is 28.0 Å². The van der Waals surface area contributed by atoms with Crippen molar-refractivity contribution in [3.05, 3.63) is 35.4 Å². The van der Waals surface area contributed by atoms with Crippen molar-refractivity contribution in [3.8, 4) is 6.07 Å². The summed E-state index contributed by atoms with van der Waals surface area (Å²) in [5.74, 6) is 0.839. The number of nitriles is 1. The molecule has 1 saturated carbocycles. The van der Waals surface area contributed by atoms with Crippen molar-refractivity contribution >= 4 is 0 Å². The van der Waals surface area contributed by atoms with Crippen LogP contribution in [0.25, 0.3) is 0 Å². The van der Waals surface area contributed by atoms with Gasteiger partial charge < -0.3 is 9.47 Å². The fraction of sp³-hybridized carbons (Fsp3) is 0.708. The van der Waals surface area contributed by atoms with Gasteiger partial charge in [-0.2, -0.15) is 5.26 Å². The van der Waals surface area contributed by atoms with E-state index in [-0.39, 0.29) is 5.54 Å². The van der Waals surface area contributed by atoms with Gasteiger partial charge in [-0.25, -0.2) is 0 Å². The van der Waals surface area contributed by atoms with E-state index in [1.54, 1.807) is 0 Å². The highest BCUT2D eigenvalue weighted by Crippen LogP contribution is 2.45. The van der Waals surface area contributed by atoms with Crippen LogP contribution >= 0.6 is 0 Å². The fourth-order valence-corrected chi connectivity index (χ4v) is 5.53. The highest BCUT2D eigenvalue weighted by atomic mass is 16.5. The summed E-state index contributed by atoms with van der Waals surface area (Å²) in [5.41, 5.74) is 2.29. The Morgan fingerprint density at radius 1 is 1.07 bits per heavy atom. The van der Waals surface area contributed by atoms with Gasteiger partial charge in [-0.15, -0.1) is 0 Å². The number of rotatable bonds is 6. The molecule has 4 aliphatic rings. The first kappa shape index (κ1) is 19.5. The molecule has 1 aliphatic carbocycles. The number of hydrogen-bond donors (Lipinski definition) is 0. The normalized spacial score (nSPS) is 28.2. The first-order valence-corrected chi connectivity index (χ1v) is 11.4. The van der Waals surface area contributed by atoms with Crippen molar-refractivity contribution in [2.45, 2.75) is 62.8 Å². The first-order chi connectivity index (χ1) is 14.3. The van der Waals surface area contributed by atoms with Gasteiger partial charge in [-0.1, -0.05) is 12.1 Å². The lowest BCUT2D eigenvalue weighted by atomic mass is 9.73. The average Bonchev–Trinajstić information content (AvgIpc) is 3.60. The zero-order valence-corrected chi connectivity index (χ0v) is 17.4. The minimum absolute atomic E-state index is 0.243. The lowest BCUT2D eigenvalue weighted by Crippen LogP contribution is -2.76. The van der Waals surface area contributed by atoms with Crippen LogP contribution in [0.2, 0.25) is 0 Å². The molecule has 0 bridgehead atoms. The van der Waals surface area contributed by atoms with E-state index in [9.17, 15) is 0 Å². The van der Waals surface area contributed by atoms with Gasteiger partial charge in [-0.05, 0) is 75.2 Å². The summed E-state index contributed by atoms with van der Waals surface area (Å²) >= 11 is 0. The van der Waals surface area contributed by atoms with Gasteiger partial charge in [0.05, 0.1) is 23.3 Å².